The molecule has 104 valence electrons. The van der Waals surface area contributed by atoms with Gasteiger partial charge >= 0.3 is 5.69 Å². The van der Waals surface area contributed by atoms with Crippen LogP contribution in [0.2, 0.25) is 0 Å². The van der Waals surface area contributed by atoms with Gasteiger partial charge in [0.25, 0.3) is 0 Å². The number of benzene rings is 1. The Morgan fingerprint density at radius 3 is 2.79 bits per heavy atom. The van der Waals surface area contributed by atoms with Crippen LogP contribution in [0.5, 0.6) is 0 Å². The van der Waals surface area contributed by atoms with E-state index >= 15 is 0 Å². The van der Waals surface area contributed by atoms with E-state index in [2.05, 4.69) is 0 Å². The first-order valence-corrected chi connectivity index (χ1v) is 6.31. The molecule has 1 aliphatic heterocycles. The third kappa shape index (κ3) is 3.20. The van der Waals surface area contributed by atoms with Gasteiger partial charge in [-0.25, -0.2) is 0 Å². The van der Waals surface area contributed by atoms with Crippen LogP contribution in [0.1, 0.15) is 12.8 Å². The molecule has 1 aromatic carbocycles. The molecule has 0 N–H and O–H groups in total. The Balaban J connectivity index is 2.16. The highest BCUT2D eigenvalue weighted by Gasteiger charge is 2.24. The van der Waals surface area contributed by atoms with Gasteiger partial charge in [-0.3, -0.25) is 10.1 Å². The molecule has 0 unspecified atom stereocenters. The maximum atomic E-state index is 13.6. The molecule has 0 aromatic heterocycles. The number of anilines is 1. The number of nitro benzene ring substituents is 1. The Morgan fingerprint density at radius 2 is 2.16 bits per heavy atom. The summed E-state index contributed by atoms with van der Waals surface area (Å²) >= 11 is 0. The summed E-state index contributed by atoms with van der Waals surface area (Å²) in [7, 11) is 1.76. The maximum absolute atomic E-state index is 13.6. The van der Waals surface area contributed by atoms with Crippen molar-refractivity contribution in [2.75, 3.05) is 31.7 Å². The first kappa shape index (κ1) is 13.7. The van der Waals surface area contributed by atoms with Crippen LogP contribution < -0.4 is 4.90 Å². The first-order chi connectivity index (χ1) is 9.09. The molecule has 1 aromatic rings. The Bertz CT molecular complexity index is 461. The summed E-state index contributed by atoms with van der Waals surface area (Å²) in [5, 5.41) is 11.0. The fourth-order valence-electron chi connectivity index (χ4n) is 2.41. The summed E-state index contributed by atoms with van der Waals surface area (Å²) in [6.07, 6.45) is 1.88. The zero-order valence-corrected chi connectivity index (χ0v) is 10.8. The second-order valence-corrected chi connectivity index (χ2v) is 4.80. The molecular formula is C13H17FN2O3. The molecule has 1 aliphatic rings. The number of halogens is 1. The summed E-state index contributed by atoms with van der Waals surface area (Å²) in [5.74, 6) is -0.358. The van der Waals surface area contributed by atoms with Gasteiger partial charge in [-0.2, -0.15) is 4.39 Å². The van der Waals surface area contributed by atoms with Crippen LogP contribution in [0.3, 0.4) is 0 Å². The van der Waals surface area contributed by atoms with Crippen LogP contribution in [-0.4, -0.2) is 31.7 Å². The van der Waals surface area contributed by atoms with Crippen LogP contribution in [0.4, 0.5) is 15.8 Å². The van der Waals surface area contributed by atoms with Gasteiger partial charge in [0.1, 0.15) is 5.69 Å². The van der Waals surface area contributed by atoms with E-state index in [0.717, 1.165) is 32.1 Å². The Kier molecular flexibility index (Phi) is 4.31. The molecule has 0 bridgehead atoms. The highest BCUT2D eigenvalue weighted by atomic mass is 19.1. The lowest BCUT2D eigenvalue weighted by molar-refractivity contribution is -0.386. The van der Waals surface area contributed by atoms with Crippen LogP contribution in [0.25, 0.3) is 0 Å². The van der Waals surface area contributed by atoms with Crippen molar-refractivity contribution in [1.82, 2.24) is 0 Å². The van der Waals surface area contributed by atoms with Gasteiger partial charge in [-0.15, -0.1) is 0 Å². The van der Waals surface area contributed by atoms with E-state index < -0.39 is 16.4 Å². The Morgan fingerprint density at radius 1 is 1.47 bits per heavy atom. The maximum Gasteiger partial charge on any atom is 0.327 e. The molecule has 0 atom stereocenters. The predicted molar refractivity (Wildman–Crippen MR) is 69.9 cm³/mol. The lowest BCUT2D eigenvalue weighted by atomic mass is 9.99. The van der Waals surface area contributed by atoms with E-state index in [-0.39, 0.29) is 0 Å². The second-order valence-electron chi connectivity index (χ2n) is 4.80. The Labute approximate surface area is 111 Å². The highest BCUT2D eigenvalue weighted by Crippen LogP contribution is 2.31. The minimum absolute atomic E-state index is 0.330. The van der Waals surface area contributed by atoms with Gasteiger partial charge in [0.05, 0.1) is 4.92 Å². The minimum Gasteiger partial charge on any atom is -0.381 e. The van der Waals surface area contributed by atoms with E-state index in [9.17, 15) is 14.5 Å². The second kappa shape index (κ2) is 5.97. The zero-order chi connectivity index (χ0) is 13.8. The molecule has 1 heterocycles. The molecular weight excluding hydrogens is 251 g/mol. The summed E-state index contributed by atoms with van der Waals surface area (Å²) in [6.45, 7) is 2.13. The van der Waals surface area contributed by atoms with E-state index in [1.165, 1.54) is 6.07 Å². The average Bonchev–Trinajstić information content (AvgIpc) is 2.39. The summed E-state index contributed by atoms with van der Waals surface area (Å²) in [6, 6.07) is 4.20. The monoisotopic (exact) mass is 268 g/mol. The van der Waals surface area contributed by atoms with Crippen molar-refractivity contribution in [3.63, 3.8) is 0 Å². The number of hydrogen-bond donors (Lipinski definition) is 0. The number of para-hydroxylation sites is 1. The highest BCUT2D eigenvalue weighted by molar-refractivity contribution is 5.63. The molecule has 0 aliphatic carbocycles. The molecule has 19 heavy (non-hydrogen) atoms. The topological polar surface area (TPSA) is 55.6 Å². The van der Waals surface area contributed by atoms with E-state index in [4.69, 9.17) is 4.74 Å². The molecule has 0 amide bonds. The largest absolute Gasteiger partial charge is 0.381 e. The molecule has 0 saturated carbocycles. The standard InChI is InChI=1S/C13H17FN2O3/c1-15(9-10-5-7-19-8-6-10)12-4-2-3-11(14)13(12)16(17)18/h2-4,10H,5-9H2,1H3. The SMILES string of the molecule is CN(CC1CCOCC1)c1cccc(F)c1[N+](=O)[O-]. The number of hydrogen-bond acceptors (Lipinski definition) is 4. The third-order valence-corrected chi connectivity index (χ3v) is 3.43. The summed E-state index contributed by atoms with van der Waals surface area (Å²) in [5.41, 5.74) is -0.117. The van der Waals surface area contributed by atoms with Gasteiger partial charge in [0.2, 0.25) is 5.82 Å². The molecule has 1 saturated heterocycles. The van der Waals surface area contributed by atoms with Gasteiger partial charge in [0.15, 0.2) is 0 Å². The van der Waals surface area contributed by atoms with Gasteiger partial charge in [-0.1, -0.05) is 6.07 Å². The molecule has 2 rings (SSSR count). The molecule has 5 nitrogen and oxygen atoms in total. The van der Waals surface area contributed by atoms with Crippen LogP contribution in [-0.2, 0) is 4.74 Å². The molecule has 0 spiro atoms. The van der Waals surface area contributed by atoms with Crippen molar-refractivity contribution in [2.45, 2.75) is 12.8 Å². The van der Waals surface area contributed by atoms with Crippen molar-refractivity contribution in [1.29, 1.82) is 0 Å². The van der Waals surface area contributed by atoms with Gasteiger partial charge < -0.3 is 9.64 Å². The number of ether oxygens (including phenoxy) is 1. The van der Waals surface area contributed by atoms with Crippen LogP contribution >= 0.6 is 0 Å². The van der Waals surface area contributed by atoms with Crippen molar-refractivity contribution >= 4 is 11.4 Å². The fraction of sp³-hybridized carbons (Fsp3) is 0.538. The van der Waals surface area contributed by atoms with Crippen molar-refractivity contribution in [3.8, 4) is 0 Å². The van der Waals surface area contributed by atoms with E-state index in [0.29, 0.717) is 18.2 Å². The molecule has 0 radical (unpaired) electrons. The van der Waals surface area contributed by atoms with Gasteiger partial charge in [0, 0.05) is 26.8 Å². The fourth-order valence-corrected chi connectivity index (χ4v) is 2.41. The average molecular weight is 268 g/mol. The molecule has 6 heteroatoms. The van der Waals surface area contributed by atoms with Crippen LogP contribution in [0.15, 0.2) is 18.2 Å². The molecule has 1 fully saturated rings. The van der Waals surface area contributed by atoms with E-state index in [1.54, 1.807) is 18.0 Å². The minimum atomic E-state index is -0.790. The lowest BCUT2D eigenvalue weighted by Crippen LogP contribution is -2.30. The normalized spacial score (nSPS) is 16.3. The van der Waals surface area contributed by atoms with Crippen LogP contribution in [0, 0.1) is 21.8 Å². The van der Waals surface area contributed by atoms with E-state index in [1.807, 2.05) is 0 Å². The first-order valence-electron chi connectivity index (χ1n) is 6.31. The zero-order valence-electron chi connectivity index (χ0n) is 10.8. The van der Waals surface area contributed by atoms with Crippen molar-refractivity contribution < 1.29 is 14.1 Å². The number of rotatable bonds is 4. The Hall–Kier alpha value is -1.69. The lowest BCUT2D eigenvalue weighted by Gasteiger charge is -2.28. The predicted octanol–water partition coefficient (Wildman–Crippen LogP) is 2.60. The van der Waals surface area contributed by atoms with Crippen molar-refractivity contribution in [2.24, 2.45) is 5.92 Å². The third-order valence-electron chi connectivity index (χ3n) is 3.43. The number of nitrogens with zero attached hydrogens (tertiary/aromatic N) is 2. The quantitative estimate of drug-likeness (QED) is 0.622. The number of nitro groups is 1. The van der Waals surface area contributed by atoms with Crippen molar-refractivity contribution in [3.05, 3.63) is 34.1 Å². The summed E-state index contributed by atoms with van der Waals surface area (Å²) in [4.78, 5) is 12.1. The smallest absolute Gasteiger partial charge is 0.327 e. The van der Waals surface area contributed by atoms with Gasteiger partial charge in [-0.05, 0) is 30.9 Å². The summed E-state index contributed by atoms with van der Waals surface area (Å²) < 4.78 is 18.8.